The number of carbonyl (C=O) groups is 1. The number of nitrogens with zero attached hydrogens (tertiary/aromatic N) is 1. The Hall–Kier alpha value is -1.55. The summed E-state index contributed by atoms with van der Waals surface area (Å²) in [6, 6.07) is 6.28. The Morgan fingerprint density at radius 2 is 2.24 bits per heavy atom. The van der Waals surface area contributed by atoms with Gasteiger partial charge in [0.2, 0.25) is 0 Å². The smallest absolute Gasteiger partial charge is 0.254 e. The van der Waals surface area contributed by atoms with Crippen LogP contribution in [0.3, 0.4) is 0 Å². The Morgan fingerprint density at radius 1 is 1.48 bits per heavy atom. The highest BCUT2D eigenvalue weighted by Gasteiger charge is 2.24. The molecule has 1 fully saturated rings. The van der Waals surface area contributed by atoms with E-state index in [0.29, 0.717) is 11.6 Å². The van der Waals surface area contributed by atoms with E-state index in [-0.39, 0.29) is 11.9 Å². The first-order chi connectivity index (χ1) is 10.0. The van der Waals surface area contributed by atoms with Gasteiger partial charge in [-0.2, -0.15) is 0 Å². The van der Waals surface area contributed by atoms with Crippen molar-refractivity contribution in [3.63, 3.8) is 0 Å². The van der Waals surface area contributed by atoms with Gasteiger partial charge in [0.25, 0.3) is 5.91 Å². The van der Waals surface area contributed by atoms with Crippen LogP contribution < -0.4 is 10.1 Å². The van der Waals surface area contributed by atoms with Crippen molar-refractivity contribution < 1.29 is 9.53 Å². The average Bonchev–Trinajstić information content (AvgIpc) is 2.97. The largest absolute Gasteiger partial charge is 0.496 e. The van der Waals surface area contributed by atoms with Crippen molar-refractivity contribution in [3.05, 3.63) is 29.3 Å². The molecule has 4 nitrogen and oxygen atoms in total. The van der Waals surface area contributed by atoms with Crippen molar-refractivity contribution in [2.45, 2.75) is 45.7 Å². The van der Waals surface area contributed by atoms with Gasteiger partial charge in [0.1, 0.15) is 5.75 Å². The number of aryl methyl sites for hydroxylation is 1. The number of hydrogen-bond acceptors (Lipinski definition) is 3. The van der Waals surface area contributed by atoms with Crippen molar-refractivity contribution in [2.24, 2.45) is 0 Å². The quantitative estimate of drug-likeness (QED) is 0.906. The first kappa shape index (κ1) is 15.8. The fourth-order valence-electron chi connectivity index (χ4n) is 2.80. The zero-order valence-electron chi connectivity index (χ0n) is 13.5. The summed E-state index contributed by atoms with van der Waals surface area (Å²) in [6.45, 7) is 7.95. The third kappa shape index (κ3) is 3.76. The average molecular weight is 290 g/mol. The minimum absolute atomic E-state index is 0.0806. The molecular weight excluding hydrogens is 264 g/mol. The van der Waals surface area contributed by atoms with Crippen molar-refractivity contribution in [1.29, 1.82) is 0 Å². The van der Waals surface area contributed by atoms with Gasteiger partial charge in [-0.25, -0.2) is 0 Å². The second-order valence-electron chi connectivity index (χ2n) is 6.03. The molecule has 0 aromatic heterocycles. The van der Waals surface area contributed by atoms with E-state index in [4.69, 9.17) is 4.74 Å². The molecule has 0 aliphatic carbocycles. The molecule has 21 heavy (non-hydrogen) atoms. The van der Waals surface area contributed by atoms with Crippen LogP contribution in [0, 0.1) is 6.92 Å². The molecule has 1 aromatic carbocycles. The van der Waals surface area contributed by atoms with Crippen molar-refractivity contribution in [3.8, 4) is 5.75 Å². The molecule has 0 radical (unpaired) electrons. The maximum absolute atomic E-state index is 12.8. The van der Waals surface area contributed by atoms with Gasteiger partial charge in [-0.15, -0.1) is 0 Å². The number of amides is 1. The molecule has 1 unspecified atom stereocenters. The maximum Gasteiger partial charge on any atom is 0.254 e. The van der Waals surface area contributed by atoms with Gasteiger partial charge in [0.15, 0.2) is 0 Å². The van der Waals surface area contributed by atoms with E-state index in [1.54, 1.807) is 7.11 Å². The van der Waals surface area contributed by atoms with Gasteiger partial charge < -0.3 is 15.0 Å². The predicted molar refractivity (Wildman–Crippen MR) is 84.9 cm³/mol. The first-order valence-corrected chi connectivity index (χ1v) is 7.72. The highest BCUT2D eigenvalue weighted by molar-refractivity contribution is 5.95. The van der Waals surface area contributed by atoms with Crippen molar-refractivity contribution in [1.82, 2.24) is 10.2 Å². The van der Waals surface area contributed by atoms with E-state index in [1.807, 2.05) is 30.0 Å². The molecule has 1 aliphatic heterocycles. The third-order valence-electron chi connectivity index (χ3n) is 4.12. The lowest BCUT2D eigenvalue weighted by Gasteiger charge is -2.30. The summed E-state index contributed by atoms with van der Waals surface area (Å²) in [4.78, 5) is 14.7. The summed E-state index contributed by atoms with van der Waals surface area (Å²) in [5, 5.41) is 3.46. The molecule has 1 amide bonds. The van der Waals surface area contributed by atoms with E-state index < -0.39 is 0 Å². The Morgan fingerprint density at radius 3 is 2.81 bits per heavy atom. The lowest BCUT2D eigenvalue weighted by molar-refractivity contribution is 0.0688. The van der Waals surface area contributed by atoms with Crippen LogP contribution in [-0.4, -0.2) is 43.1 Å². The van der Waals surface area contributed by atoms with Gasteiger partial charge >= 0.3 is 0 Å². The number of benzene rings is 1. The summed E-state index contributed by atoms with van der Waals surface area (Å²) >= 11 is 0. The van der Waals surface area contributed by atoms with Crippen LogP contribution in [0.15, 0.2) is 18.2 Å². The van der Waals surface area contributed by atoms with Crippen LogP contribution in [0.2, 0.25) is 0 Å². The first-order valence-electron chi connectivity index (χ1n) is 7.72. The highest BCUT2D eigenvalue weighted by atomic mass is 16.5. The van der Waals surface area contributed by atoms with E-state index in [1.165, 1.54) is 6.42 Å². The summed E-state index contributed by atoms with van der Waals surface area (Å²) in [7, 11) is 1.64. The number of rotatable bonds is 5. The summed E-state index contributed by atoms with van der Waals surface area (Å²) in [6.07, 6.45) is 2.34. The van der Waals surface area contributed by atoms with Gasteiger partial charge in [-0.05, 0) is 57.9 Å². The predicted octanol–water partition coefficient (Wildman–Crippen LogP) is 2.61. The lowest BCUT2D eigenvalue weighted by Crippen LogP contribution is -2.44. The van der Waals surface area contributed by atoms with Gasteiger partial charge in [0, 0.05) is 24.2 Å². The zero-order valence-corrected chi connectivity index (χ0v) is 13.5. The van der Waals surface area contributed by atoms with Gasteiger partial charge in [-0.1, -0.05) is 6.07 Å². The zero-order chi connectivity index (χ0) is 15.4. The van der Waals surface area contributed by atoms with Crippen molar-refractivity contribution >= 4 is 5.91 Å². The number of ether oxygens (including phenoxy) is 1. The number of carbonyl (C=O) groups excluding carboxylic acids is 1. The highest BCUT2D eigenvalue weighted by Crippen LogP contribution is 2.21. The topological polar surface area (TPSA) is 41.6 Å². The standard InChI is InChI=1S/C17H26N2O2/c1-12(2)19(11-15-6-5-9-18-15)17(20)14-8-7-13(3)16(10-14)21-4/h7-8,10,12,15,18H,5-6,9,11H2,1-4H3. The Bertz CT molecular complexity index is 494. The molecule has 0 spiro atoms. The maximum atomic E-state index is 12.8. The van der Waals surface area contributed by atoms with E-state index in [9.17, 15) is 4.79 Å². The second-order valence-corrected chi connectivity index (χ2v) is 6.03. The second kappa shape index (κ2) is 6.94. The van der Waals surface area contributed by atoms with E-state index in [2.05, 4.69) is 19.2 Å². The Balaban J connectivity index is 2.17. The van der Waals surface area contributed by atoms with Crippen LogP contribution >= 0.6 is 0 Å². The molecule has 1 N–H and O–H groups in total. The lowest BCUT2D eigenvalue weighted by atomic mass is 10.1. The van der Waals surface area contributed by atoms with E-state index >= 15 is 0 Å². The van der Waals surface area contributed by atoms with E-state index in [0.717, 1.165) is 30.8 Å². The SMILES string of the molecule is COc1cc(C(=O)N(CC2CCCN2)C(C)C)ccc1C. The Kier molecular flexibility index (Phi) is 5.23. The molecule has 1 atom stereocenters. The molecule has 2 rings (SSSR count). The van der Waals surface area contributed by atoms with Gasteiger partial charge in [0.05, 0.1) is 7.11 Å². The fraction of sp³-hybridized carbons (Fsp3) is 0.588. The molecule has 1 aliphatic rings. The van der Waals surface area contributed by atoms with Crippen molar-refractivity contribution in [2.75, 3.05) is 20.2 Å². The molecule has 0 bridgehead atoms. The fourth-order valence-corrected chi connectivity index (χ4v) is 2.80. The third-order valence-corrected chi connectivity index (χ3v) is 4.12. The minimum Gasteiger partial charge on any atom is -0.496 e. The van der Waals surface area contributed by atoms with Crippen LogP contribution in [0.25, 0.3) is 0 Å². The summed E-state index contributed by atoms with van der Waals surface area (Å²) in [5.74, 6) is 0.848. The molecule has 1 saturated heterocycles. The number of methoxy groups -OCH3 is 1. The molecule has 116 valence electrons. The Labute approximate surface area is 127 Å². The summed E-state index contributed by atoms with van der Waals surface area (Å²) < 4.78 is 5.33. The van der Waals surface area contributed by atoms with Crippen LogP contribution in [0.4, 0.5) is 0 Å². The monoisotopic (exact) mass is 290 g/mol. The number of hydrogen-bond donors (Lipinski definition) is 1. The van der Waals surface area contributed by atoms with Crippen LogP contribution in [0.5, 0.6) is 5.75 Å². The van der Waals surface area contributed by atoms with Gasteiger partial charge in [-0.3, -0.25) is 4.79 Å². The molecule has 1 heterocycles. The molecular formula is C17H26N2O2. The normalized spacial score (nSPS) is 18.0. The van der Waals surface area contributed by atoms with Crippen LogP contribution in [-0.2, 0) is 0 Å². The molecule has 0 saturated carbocycles. The number of nitrogens with one attached hydrogen (secondary N) is 1. The molecule has 1 aromatic rings. The molecule has 4 heteroatoms. The summed E-state index contributed by atoms with van der Waals surface area (Å²) in [5.41, 5.74) is 1.74. The minimum atomic E-state index is 0.0806. The van der Waals surface area contributed by atoms with Crippen LogP contribution in [0.1, 0.15) is 42.6 Å².